The van der Waals surface area contributed by atoms with Crippen LogP contribution in [0.1, 0.15) is 61.8 Å². The van der Waals surface area contributed by atoms with Crippen molar-refractivity contribution in [1.29, 1.82) is 0 Å². The minimum Gasteiger partial charge on any atom is -0.493 e. The SMILES string of the molecule is CCCCOc1cc(C#Cc2ccc(/C=C3\C(=O)ON=C3c3ccccc3)cc2)c(OCCCC)c2c3nc4nc(nc5[nH]c(nc6nc(nc([nH]3)c12)-c1c(OCC(F)(F)F)c(OCC(F)(F)F)c(OCC(F)(F)F)c(OCC(F)(F)F)c1-6)c1c(OCC(F)(F)F)c(OCC(F)(F)F)c(OCC(F)(F)F)c(OCC(F)(F)F)c51)-c1c(OCC(F)(F)F)c(OCC(F)(F)F)c(OCC(F)(F)F)c(OCC(F)(F)F)c1-4. The lowest BCUT2D eigenvalue weighted by molar-refractivity contribution is -0.162. The number of ether oxygens (including phenoxy) is 14. The van der Waals surface area contributed by atoms with Crippen LogP contribution in [0, 0.1) is 11.8 Å². The van der Waals surface area contributed by atoms with Gasteiger partial charge in [0.1, 0.15) is 39.8 Å². The molecule has 25 nitrogen and oxygen atoms in total. The van der Waals surface area contributed by atoms with Gasteiger partial charge in [-0.3, -0.25) is 0 Å². The van der Waals surface area contributed by atoms with Gasteiger partial charge in [-0.2, -0.15) is 158 Å². The van der Waals surface area contributed by atoms with E-state index < -0.39 is 348 Å². The molecule has 0 aliphatic carbocycles. The normalized spacial score (nSPS) is 13.8. The van der Waals surface area contributed by atoms with Gasteiger partial charge in [-0.15, -0.1) is 0 Å². The molecular weight excluding hydrogens is 2050 g/mol. The van der Waals surface area contributed by atoms with Crippen LogP contribution < -0.4 is 66.3 Å². The highest BCUT2D eigenvalue weighted by Crippen LogP contribution is 2.63. The summed E-state index contributed by atoms with van der Waals surface area (Å²) >= 11 is 0. The second-order valence-corrected chi connectivity index (χ2v) is 29.7. The highest BCUT2D eigenvalue weighted by Gasteiger charge is 2.49. The van der Waals surface area contributed by atoms with Crippen LogP contribution in [0.4, 0.5) is 158 Å². The van der Waals surface area contributed by atoms with E-state index in [2.05, 4.69) is 61.4 Å². The minimum absolute atomic E-state index is 0.0483. The topological polar surface area (TPSA) is 277 Å². The number of aromatic amines is 2. The average Bonchev–Trinajstić information content (AvgIpc) is 1.56. The maximum Gasteiger partial charge on any atom is 0.422 e. The number of unbranched alkanes of at least 4 members (excludes halogenated alkanes) is 2. The Morgan fingerprint density at radius 1 is 0.308 bits per heavy atom. The maximum atomic E-state index is 15.1. The third-order valence-electron chi connectivity index (χ3n) is 18.2. The number of alkyl halides is 36. The van der Waals surface area contributed by atoms with Crippen molar-refractivity contribution in [2.45, 2.75) is 114 Å². The standard InChI is InChI=1S/C82H55F36N9O16/c1-3-5-18-129-39-21-37(17-16-34-12-14-35(15-13-34)20-38-48(127-143-70(38)128)36-10-8-7-9-11-36)49(130-19-6-4-2)41-40(39)62-119-63(41)121-65-44-45(53(134-25-74(92,93)94)59(140-31-80(110,111)112)58(139-30-79(107,108)109)52(44)133-24-73(89,90)91)67(123-65)125-69-47-46(54(135-26-75(95,96)97)60(141-32-81(113,114)115)61(142-33-82(116,117)118)55(47)136-27-76(98,99)100)68(126-69)124-66-43-42(64(120-62)122-66)50(131-22-71(83,84)85)56(137-28-77(101,102)103)57(138-29-78(104,105)106)51(43)132-23-72(86,87)88/h7-15,20-21H,3-6,18-19,22-33H2,1-2H3,(H2,119,120,121,122,123,124,125,126)/b38-20-. The van der Waals surface area contributed by atoms with Crippen LogP contribution >= 0.6 is 0 Å². The van der Waals surface area contributed by atoms with Gasteiger partial charge in [0, 0.05) is 17.2 Å². The lowest BCUT2D eigenvalue weighted by Crippen LogP contribution is -2.25. The summed E-state index contributed by atoms with van der Waals surface area (Å²) < 4.78 is 608. The number of aromatic nitrogens is 8. The number of nitrogens with zero attached hydrogens (tertiary/aromatic N) is 7. The molecule has 0 saturated carbocycles. The van der Waals surface area contributed by atoms with E-state index in [1.54, 1.807) is 35.3 Å². The van der Waals surface area contributed by atoms with Gasteiger partial charge in [-0.1, -0.05) is 86.2 Å². The fourth-order valence-electron chi connectivity index (χ4n) is 13.0. The summed E-state index contributed by atoms with van der Waals surface area (Å²) in [7, 11) is 0. The molecule has 0 amide bonds. The van der Waals surface area contributed by atoms with E-state index in [0.29, 0.717) is 5.56 Å². The molecule has 776 valence electrons. The smallest absolute Gasteiger partial charge is 0.422 e. The summed E-state index contributed by atoms with van der Waals surface area (Å²) in [6, 6.07) is 14.0. The lowest BCUT2D eigenvalue weighted by atomic mass is 10.0. The van der Waals surface area contributed by atoms with Crippen LogP contribution in [0.5, 0.6) is 80.5 Å². The number of oxime groups is 1. The molecule has 3 aliphatic rings. The zero-order chi connectivity index (χ0) is 105. The fourth-order valence-corrected chi connectivity index (χ4v) is 13.0. The molecule has 0 radical (unpaired) electrons. The Hall–Kier alpha value is -14.2. The molecule has 6 heterocycles. The molecule has 2 N–H and O–H groups in total. The van der Waals surface area contributed by atoms with Gasteiger partial charge in [0.05, 0.1) is 68.1 Å². The van der Waals surface area contributed by atoms with E-state index in [-0.39, 0.29) is 48.1 Å². The molecular formula is C82H55F36N9O16. The Balaban J connectivity index is 1.45. The zero-order valence-corrected chi connectivity index (χ0v) is 70.8. The zero-order valence-electron chi connectivity index (χ0n) is 70.8. The van der Waals surface area contributed by atoms with Crippen molar-refractivity contribution in [2.75, 3.05) is 92.5 Å². The number of carbonyl (C=O) groups is 1. The summed E-state index contributed by atoms with van der Waals surface area (Å²) in [5.41, 5.74) is -15.4. The van der Waals surface area contributed by atoms with Crippen molar-refractivity contribution in [1.82, 2.24) is 39.9 Å². The van der Waals surface area contributed by atoms with Crippen molar-refractivity contribution in [3.05, 3.63) is 88.5 Å². The van der Waals surface area contributed by atoms with E-state index in [4.69, 9.17) is 61.7 Å². The maximum absolute atomic E-state index is 15.1. The van der Waals surface area contributed by atoms with Crippen LogP contribution in [0.2, 0.25) is 0 Å². The second-order valence-electron chi connectivity index (χ2n) is 29.7. The first-order chi connectivity index (χ1) is 66.2. The fraction of sp³-hybridized carbons (Fsp3) is 0.390. The Kier molecular flexibility index (Phi) is 30.9. The highest BCUT2D eigenvalue weighted by molar-refractivity contribution is 6.31. The van der Waals surface area contributed by atoms with Crippen LogP contribution in [0.25, 0.3) is 95.8 Å². The van der Waals surface area contributed by atoms with Gasteiger partial charge < -0.3 is 81.1 Å². The first-order valence-corrected chi connectivity index (χ1v) is 39.7. The van der Waals surface area contributed by atoms with E-state index >= 15 is 79.0 Å². The molecule has 6 aromatic carbocycles. The van der Waals surface area contributed by atoms with Gasteiger partial charge in [0.2, 0.25) is 34.5 Å². The number of carbonyl (C=O) groups excluding carboxylic acids is 1. The molecule has 3 aliphatic heterocycles. The van der Waals surface area contributed by atoms with Crippen molar-refractivity contribution >= 4 is 61.9 Å². The van der Waals surface area contributed by atoms with Crippen LogP contribution in [-0.4, -0.2) is 218 Å². The number of rotatable bonds is 34. The molecule has 0 saturated heterocycles. The Morgan fingerprint density at radius 3 is 0.881 bits per heavy atom. The molecule has 61 heteroatoms. The van der Waals surface area contributed by atoms with Crippen LogP contribution in [0.15, 0.2) is 71.4 Å². The van der Waals surface area contributed by atoms with Crippen molar-refractivity contribution in [2.24, 2.45) is 5.16 Å². The summed E-state index contributed by atoms with van der Waals surface area (Å²) in [6.45, 7) is -35.9. The monoisotopic (exact) mass is 2110 g/mol. The number of hydrogen-bond donors (Lipinski definition) is 2. The minimum atomic E-state index is -6.13. The van der Waals surface area contributed by atoms with Crippen molar-refractivity contribution in [3.63, 3.8) is 0 Å². The van der Waals surface area contributed by atoms with E-state index in [1.165, 1.54) is 44.2 Å². The number of H-pyrrole nitrogens is 2. The third kappa shape index (κ3) is 28.2. The average molecular weight is 2110 g/mol. The molecule has 0 fully saturated rings. The second kappa shape index (κ2) is 41.0. The first-order valence-electron chi connectivity index (χ1n) is 39.7. The van der Waals surface area contributed by atoms with E-state index in [0.717, 1.165) is 6.07 Å². The Labute approximate surface area is 771 Å². The van der Waals surface area contributed by atoms with Gasteiger partial charge in [-0.25, -0.2) is 34.7 Å². The number of fused-ring (bicyclic) bond motifs is 20. The quantitative estimate of drug-likeness (QED) is 0.0125. The predicted molar refractivity (Wildman–Crippen MR) is 415 cm³/mol. The Bertz CT molecular complexity index is 6530. The number of benzene rings is 6. The van der Waals surface area contributed by atoms with Gasteiger partial charge in [-0.05, 0) is 36.6 Å². The van der Waals surface area contributed by atoms with E-state index in [1.807, 2.05) is 0 Å². The number of hydrogen-bond acceptors (Lipinski definition) is 23. The molecule has 12 rings (SSSR count). The third-order valence-corrected chi connectivity index (χ3v) is 18.2. The largest absolute Gasteiger partial charge is 0.493 e. The molecule has 0 unspecified atom stereocenters. The number of halogens is 36. The molecule has 0 atom stereocenters. The van der Waals surface area contributed by atoms with Crippen LogP contribution in [-0.2, 0) is 9.63 Å². The highest BCUT2D eigenvalue weighted by atomic mass is 19.5. The summed E-state index contributed by atoms with van der Waals surface area (Å²) in [4.78, 5) is 46.3. The Morgan fingerprint density at radius 2 is 0.580 bits per heavy atom. The van der Waals surface area contributed by atoms with Crippen LogP contribution in [0.3, 0.4) is 0 Å². The van der Waals surface area contributed by atoms with Gasteiger partial charge in [0.25, 0.3) is 0 Å². The lowest BCUT2D eigenvalue weighted by Gasteiger charge is -2.24. The predicted octanol–water partition coefficient (Wildman–Crippen LogP) is 23.3. The molecule has 9 aromatic rings. The van der Waals surface area contributed by atoms with Crippen molar-refractivity contribution in [3.8, 4) is 138 Å². The first kappa shape index (κ1) is 108. The summed E-state index contributed by atoms with van der Waals surface area (Å²) in [6.07, 6.45) is -71.4. The molecule has 143 heavy (non-hydrogen) atoms. The van der Waals surface area contributed by atoms with Crippen molar-refractivity contribution < 1.29 is 234 Å². The summed E-state index contributed by atoms with van der Waals surface area (Å²) in [5.74, 6) is -34.9. The summed E-state index contributed by atoms with van der Waals surface area (Å²) in [5, 5.41) is -2.62. The van der Waals surface area contributed by atoms with Gasteiger partial charge >= 0.3 is 80.1 Å². The molecule has 0 spiro atoms. The molecule has 8 bridgehead atoms. The number of nitrogens with one attached hydrogen (secondary N) is 2. The van der Waals surface area contributed by atoms with Gasteiger partial charge in [0.15, 0.2) is 137 Å². The molecule has 3 aromatic heterocycles. The van der Waals surface area contributed by atoms with E-state index in [9.17, 15) is 83.8 Å².